The third kappa shape index (κ3) is 4.80. The highest BCUT2D eigenvalue weighted by atomic mass is 28.4. The lowest BCUT2D eigenvalue weighted by Gasteiger charge is -2.45. The lowest BCUT2D eigenvalue weighted by molar-refractivity contribution is -0.171. The van der Waals surface area contributed by atoms with Gasteiger partial charge in [0.05, 0.1) is 5.92 Å². The van der Waals surface area contributed by atoms with Gasteiger partial charge in [0.2, 0.25) is 5.91 Å². The molecule has 1 saturated heterocycles. The predicted octanol–water partition coefficient (Wildman–Crippen LogP) is 3.50. The van der Waals surface area contributed by atoms with Gasteiger partial charge in [0, 0.05) is 13.2 Å². The Bertz CT molecular complexity index is 431. The van der Waals surface area contributed by atoms with E-state index in [9.17, 15) is 14.7 Å². The molecule has 5 nitrogen and oxygen atoms in total. The first-order valence-electron chi connectivity index (χ1n) is 8.70. The first-order valence-corrected chi connectivity index (χ1v) is 11.6. The standard InChI is InChI=1S/C17H33NO4Si/c1-7-8-9-11-18-14(16(20)21)13(15(18)19)10-12-22-23(5,6)17(2,3)4/h13-14H,7-12H2,1-6H3,(H,20,21)/t13-,14-/m0/s1. The second kappa shape index (κ2) is 7.79. The Hall–Kier alpha value is -0.883. The van der Waals surface area contributed by atoms with Crippen molar-refractivity contribution in [3.05, 3.63) is 0 Å². The van der Waals surface area contributed by atoms with Crippen molar-refractivity contribution in [2.45, 2.75) is 77.6 Å². The Morgan fingerprint density at radius 2 is 1.91 bits per heavy atom. The Kier molecular flexibility index (Phi) is 6.83. The highest BCUT2D eigenvalue weighted by molar-refractivity contribution is 6.74. The number of likely N-dealkylation sites (tertiary alicyclic amines) is 1. The van der Waals surface area contributed by atoms with Crippen LogP contribution in [0.15, 0.2) is 0 Å². The zero-order valence-corrected chi connectivity index (χ0v) is 16.5. The van der Waals surface area contributed by atoms with Crippen molar-refractivity contribution in [3.63, 3.8) is 0 Å². The van der Waals surface area contributed by atoms with Crippen molar-refractivity contribution < 1.29 is 19.1 Å². The molecule has 1 rings (SSSR count). The monoisotopic (exact) mass is 343 g/mol. The minimum atomic E-state index is -1.85. The average Bonchev–Trinajstić information content (AvgIpc) is 2.41. The summed E-state index contributed by atoms with van der Waals surface area (Å²) >= 11 is 0. The quantitative estimate of drug-likeness (QED) is 0.395. The van der Waals surface area contributed by atoms with E-state index in [-0.39, 0.29) is 10.9 Å². The molecule has 1 N–H and O–H groups in total. The summed E-state index contributed by atoms with van der Waals surface area (Å²) in [5, 5.41) is 9.53. The van der Waals surface area contributed by atoms with Crippen molar-refractivity contribution in [2.24, 2.45) is 5.92 Å². The Morgan fingerprint density at radius 1 is 1.30 bits per heavy atom. The van der Waals surface area contributed by atoms with Crippen LogP contribution in [-0.2, 0) is 14.0 Å². The second-order valence-electron chi connectivity index (χ2n) is 8.03. The van der Waals surface area contributed by atoms with Crippen LogP contribution in [0.1, 0.15) is 53.4 Å². The molecule has 0 aromatic rings. The molecule has 1 heterocycles. The van der Waals surface area contributed by atoms with E-state index < -0.39 is 26.2 Å². The fraction of sp³-hybridized carbons (Fsp3) is 0.882. The molecule has 1 fully saturated rings. The van der Waals surface area contributed by atoms with E-state index in [1.54, 1.807) is 0 Å². The van der Waals surface area contributed by atoms with E-state index in [4.69, 9.17) is 4.43 Å². The summed E-state index contributed by atoms with van der Waals surface area (Å²) in [6.45, 7) is 14.0. The second-order valence-corrected chi connectivity index (χ2v) is 12.8. The first kappa shape index (κ1) is 20.2. The summed E-state index contributed by atoms with van der Waals surface area (Å²) in [7, 11) is -1.85. The Morgan fingerprint density at radius 3 is 2.39 bits per heavy atom. The maximum atomic E-state index is 12.2. The lowest BCUT2D eigenvalue weighted by atomic mass is 9.84. The minimum Gasteiger partial charge on any atom is -0.480 e. The number of hydrogen-bond donors (Lipinski definition) is 1. The van der Waals surface area contributed by atoms with Crippen LogP contribution in [-0.4, -0.2) is 49.4 Å². The summed E-state index contributed by atoms with van der Waals surface area (Å²) in [5.74, 6) is -1.33. The van der Waals surface area contributed by atoms with E-state index in [0.29, 0.717) is 19.6 Å². The summed E-state index contributed by atoms with van der Waals surface area (Å²) in [5.41, 5.74) is 0. The van der Waals surface area contributed by atoms with Gasteiger partial charge in [-0.25, -0.2) is 4.79 Å². The van der Waals surface area contributed by atoms with Crippen molar-refractivity contribution >= 4 is 20.2 Å². The molecule has 0 spiro atoms. The molecule has 2 atom stereocenters. The number of carbonyl (C=O) groups excluding carboxylic acids is 1. The molecule has 0 radical (unpaired) electrons. The van der Waals surface area contributed by atoms with Gasteiger partial charge in [-0.3, -0.25) is 4.79 Å². The highest BCUT2D eigenvalue weighted by Crippen LogP contribution is 2.37. The topological polar surface area (TPSA) is 66.8 Å². The van der Waals surface area contributed by atoms with Crippen molar-refractivity contribution in [1.29, 1.82) is 0 Å². The number of nitrogens with zero attached hydrogens (tertiary/aromatic N) is 1. The largest absolute Gasteiger partial charge is 0.480 e. The van der Waals surface area contributed by atoms with Crippen LogP contribution < -0.4 is 0 Å². The van der Waals surface area contributed by atoms with Crippen LogP contribution in [0, 0.1) is 5.92 Å². The van der Waals surface area contributed by atoms with E-state index in [1.165, 1.54) is 4.90 Å². The minimum absolute atomic E-state index is 0.0210. The van der Waals surface area contributed by atoms with Gasteiger partial charge in [0.1, 0.15) is 6.04 Å². The molecule has 0 aliphatic carbocycles. The summed E-state index contributed by atoms with van der Waals surface area (Å²) < 4.78 is 6.09. The number of β-lactam (4-membered cyclic amide) rings is 1. The normalized spacial score (nSPS) is 22.2. The van der Waals surface area contributed by atoms with Crippen molar-refractivity contribution in [3.8, 4) is 0 Å². The molecule has 1 amide bonds. The molecule has 6 heteroatoms. The number of aliphatic carboxylic acids is 1. The van der Waals surface area contributed by atoms with Crippen LogP contribution in [0.2, 0.25) is 18.1 Å². The average molecular weight is 344 g/mol. The zero-order chi connectivity index (χ0) is 17.8. The molecule has 1 aliphatic heterocycles. The Balaban J connectivity index is 2.54. The molecule has 23 heavy (non-hydrogen) atoms. The Labute approximate surface area is 141 Å². The summed E-state index contributed by atoms with van der Waals surface area (Å²) in [6.07, 6.45) is 3.46. The molecule has 0 saturated carbocycles. The maximum absolute atomic E-state index is 12.2. The fourth-order valence-corrected chi connectivity index (χ4v) is 3.71. The number of carboxylic acids is 1. The van der Waals surface area contributed by atoms with Gasteiger partial charge in [-0.05, 0) is 31.0 Å². The van der Waals surface area contributed by atoms with Crippen molar-refractivity contribution in [1.82, 2.24) is 4.90 Å². The van der Waals surface area contributed by atoms with Gasteiger partial charge in [0.15, 0.2) is 8.32 Å². The zero-order valence-electron chi connectivity index (χ0n) is 15.5. The molecular formula is C17H33NO4Si. The van der Waals surface area contributed by atoms with Crippen LogP contribution in [0.4, 0.5) is 0 Å². The summed E-state index contributed by atoms with van der Waals surface area (Å²) in [4.78, 5) is 25.2. The van der Waals surface area contributed by atoms with Crippen LogP contribution in [0.3, 0.4) is 0 Å². The maximum Gasteiger partial charge on any atom is 0.327 e. The third-order valence-electron chi connectivity index (χ3n) is 5.27. The lowest BCUT2D eigenvalue weighted by Crippen LogP contribution is -2.64. The number of unbranched alkanes of at least 4 members (excludes halogenated alkanes) is 2. The van der Waals surface area contributed by atoms with Gasteiger partial charge in [0.25, 0.3) is 0 Å². The van der Waals surface area contributed by atoms with Gasteiger partial charge in [-0.1, -0.05) is 40.5 Å². The van der Waals surface area contributed by atoms with Gasteiger partial charge in [-0.2, -0.15) is 0 Å². The first-order chi connectivity index (χ1) is 10.5. The molecule has 0 aromatic heterocycles. The van der Waals surface area contributed by atoms with E-state index >= 15 is 0 Å². The van der Waals surface area contributed by atoms with Gasteiger partial charge >= 0.3 is 5.97 Å². The number of carboxylic acid groups (broad SMARTS) is 1. The van der Waals surface area contributed by atoms with Crippen LogP contribution >= 0.6 is 0 Å². The third-order valence-corrected chi connectivity index (χ3v) is 9.81. The van der Waals surface area contributed by atoms with E-state index in [0.717, 1.165) is 19.3 Å². The highest BCUT2D eigenvalue weighted by Gasteiger charge is 2.51. The molecule has 0 aromatic carbocycles. The van der Waals surface area contributed by atoms with Gasteiger partial charge < -0.3 is 14.4 Å². The van der Waals surface area contributed by atoms with Gasteiger partial charge in [-0.15, -0.1) is 0 Å². The number of amides is 1. The van der Waals surface area contributed by atoms with E-state index in [2.05, 4.69) is 40.8 Å². The smallest absolute Gasteiger partial charge is 0.327 e. The predicted molar refractivity (Wildman–Crippen MR) is 93.9 cm³/mol. The molecular weight excluding hydrogens is 310 g/mol. The molecule has 0 unspecified atom stereocenters. The van der Waals surface area contributed by atoms with E-state index in [1.807, 2.05) is 0 Å². The SMILES string of the molecule is CCCCCN1C(=O)[C@@H](CCO[Si](C)(C)C(C)(C)C)[C@H]1C(=O)O. The summed E-state index contributed by atoms with van der Waals surface area (Å²) in [6, 6.07) is -0.664. The number of rotatable bonds is 9. The van der Waals surface area contributed by atoms with Crippen molar-refractivity contribution in [2.75, 3.05) is 13.2 Å². The fourth-order valence-electron chi connectivity index (χ4n) is 2.65. The molecule has 1 aliphatic rings. The van der Waals surface area contributed by atoms with Crippen LogP contribution in [0.25, 0.3) is 0 Å². The number of hydrogen-bond acceptors (Lipinski definition) is 3. The molecule has 0 bridgehead atoms. The van der Waals surface area contributed by atoms with Crippen LogP contribution in [0.5, 0.6) is 0 Å². The molecule has 134 valence electrons. The number of carbonyl (C=O) groups is 2.